The fourth-order valence-electron chi connectivity index (χ4n) is 3.32. The third-order valence-electron chi connectivity index (χ3n) is 3.92. The molecule has 1 heterocycles. The van der Waals surface area contributed by atoms with E-state index in [1.807, 2.05) is 0 Å². The maximum Gasteiger partial charge on any atom is 0.230 e. The molecule has 3 aliphatic rings. The second kappa shape index (κ2) is 2.53. The second-order valence-electron chi connectivity index (χ2n) is 4.44. The van der Waals surface area contributed by atoms with Crippen LogP contribution in [0.5, 0.6) is 0 Å². The molecule has 4 unspecified atom stereocenters. The molecule has 2 fully saturated rings. The first-order valence-corrected chi connectivity index (χ1v) is 5.12. The van der Waals surface area contributed by atoms with Crippen molar-refractivity contribution in [3.63, 3.8) is 0 Å². The molecule has 14 heavy (non-hydrogen) atoms. The fourth-order valence-corrected chi connectivity index (χ4v) is 3.32. The van der Waals surface area contributed by atoms with Crippen molar-refractivity contribution >= 4 is 13.8 Å². The molecule has 3 rings (SSSR count). The van der Waals surface area contributed by atoms with Crippen molar-refractivity contribution in [2.75, 3.05) is 6.44 Å². The third-order valence-corrected chi connectivity index (χ3v) is 3.92. The molecule has 1 saturated heterocycles. The van der Waals surface area contributed by atoms with Crippen LogP contribution in [0.1, 0.15) is 6.42 Å². The van der Waals surface area contributed by atoms with Gasteiger partial charge < -0.3 is 4.90 Å². The van der Waals surface area contributed by atoms with Crippen molar-refractivity contribution in [2.24, 2.45) is 23.7 Å². The van der Waals surface area contributed by atoms with E-state index in [1.54, 1.807) is 4.90 Å². The Morgan fingerprint density at radius 2 is 2.07 bits per heavy atom. The number of rotatable bonds is 1. The lowest BCUT2D eigenvalue weighted by molar-refractivity contribution is -0.130. The normalized spacial score (nSPS) is 43.9. The number of allylic oxidation sites excluding steroid dienone is 3. The summed E-state index contributed by atoms with van der Waals surface area (Å²) < 4.78 is 0. The van der Waals surface area contributed by atoms with Crippen LogP contribution in [0.3, 0.4) is 0 Å². The van der Waals surface area contributed by atoms with Crippen molar-refractivity contribution < 1.29 is 4.79 Å². The molecule has 1 saturated carbocycles. The van der Waals surface area contributed by atoms with Crippen molar-refractivity contribution in [1.82, 2.24) is 4.90 Å². The average Bonchev–Trinajstić information content (AvgIpc) is 2.80. The van der Waals surface area contributed by atoms with Crippen molar-refractivity contribution in [3.8, 4) is 0 Å². The van der Waals surface area contributed by atoms with Gasteiger partial charge in [-0.2, -0.15) is 0 Å². The molecule has 0 N–H and O–H groups in total. The van der Waals surface area contributed by atoms with Gasteiger partial charge in [0.05, 0.1) is 13.8 Å². The molecule has 0 aromatic heterocycles. The van der Waals surface area contributed by atoms with Gasteiger partial charge in [-0.1, -0.05) is 18.7 Å². The van der Waals surface area contributed by atoms with E-state index in [0.717, 1.165) is 12.1 Å². The first kappa shape index (κ1) is 8.33. The molecule has 0 aromatic carbocycles. The van der Waals surface area contributed by atoms with E-state index in [2.05, 4.69) is 18.7 Å². The van der Waals surface area contributed by atoms with Crippen molar-refractivity contribution in [2.45, 2.75) is 6.42 Å². The van der Waals surface area contributed by atoms with Crippen LogP contribution in [0.15, 0.2) is 24.4 Å². The molecule has 4 atom stereocenters. The molecular weight excluding hydrogens is 173 g/mol. The van der Waals surface area contributed by atoms with Crippen LogP contribution in [0.2, 0.25) is 0 Å². The number of fused-ring (bicyclic) bond motifs is 5. The molecule has 2 nitrogen and oxygen atoms in total. The molecule has 0 spiro atoms. The van der Waals surface area contributed by atoms with Crippen LogP contribution in [0, 0.1) is 23.7 Å². The van der Waals surface area contributed by atoms with Crippen LogP contribution in [0.4, 0.5) is 0 Å². The summed E-state index contributed by atoms with van der Waals surface area (Å²) in [5.74, 6) is 1.69. The SMILES string of the molecule is [B]CN1C(=C)C2C3C=CC(C3)C2C1=O. The predicted molar refractivity (Wildman–Crippen MR) is 54.3 cm³/mol. The van der Waals surface area contributed by atoms with E-state index < -0.39 is 0 Å². The maximum atomic E-state index is 12.0. The lowest BCUT2D eigenvalue weighted by Gasteiger charge is -2.19. The number of amides is 1. The zero-order valence-corrected chi connectivity index (χ0v) is 8.02. The Hall–Kier alpha value is -0.985. The lowest BCUT2D eigenvalue weighted by atomic mass is 9.84. The van der Waals surface area contributed by atoms with Gasteiger partial charge in [0.2, 0.25) is 5.91 Å². The zero-order chi connectivity index (χ0) is 9.87. The van der Waals surface area contributed by atoms with Gasteiger partial charge in [0.1, 0.15) is 0 Å². The topological polar surface area (TPSA) is 20.3 Å². The summed E-state index contributed by atoms with van der Waals surface area (Å²) in [6, 6.07) is 0. The Morgan fingerprint density at radius 1 is 1.43 bits per heavy atom. The molecule has 1 amide bonds. The van der Waals surface area contributed by atoms with E-state index in [1.165, 1.54) is 0 Å². The molecule has 1 aliphatic heterocycles. The highest BCUT2D eigenvalue weighted by atomic mass is 16.2. The molecule has 2 aliphatic carbocycles. The van der Waals surface area contributed by atoms with E-state index in [9.17, 15) is 4.79 Å². The third kappa shape index (κ3) is 0.764. The van der Waals surface area contributed by atoms with Crippen LogP contribution in [-0.2, 0) is 4.79 Å². The zero-order valence-electron chi connectivity index (χ0n) is 8.02. The summed E-state index contributed by atoms with van der Waals surface area (Å²) in [7, 11) is 5.55. The number of likely N-dealkylation sites (tertiary alicyclic amines) is 1. The maximum absolute atomic E-state index is 12.0. The summed E-state index contributed by atoms with van der Waals surface area (Å²) in [5, 5.41) is 0. The van der Waals surface area contributed by atoms with Crippen LogP contribution in [-0.4, -0.2) is 25.1 Å². The minimum absolute atomic E-state index is 0.154. The largest absolute Gasteiger partial charge is 0.325 e. The molecule has 2 radical (unpaired) electrons. The predicted octanol–water partition coefficient (Wildman–Crippen LogP) is 0.907. The molecular formula is C11H12BNO. The van der Waals surface area contributed by atoms with Gasteiger partial charge in [-0.15, -0.1) is 0 Å². The quantitative estimate of drug-likeness (QED) is 0.439. The standard InChI is InChI=1S/C11H12BNO/c1-6-9-7-2-3-8(4-7)10(9)11(14)13(6)5-12/h2-3,7-10H,1,4-5H2. The molecule has 2 bridgehead atoms. The number of carbonyl (C=O) groups excluding carboxylic acids is 1. The summed E-state index contributed by atoms with van der Waals surface area (Å²) in [4.78, 5) is 13.6. The monoisotopic (exact) mass is 185 g/mol. The first-order chi connectivity index (χ1) is 6.74. The number of hydrogen-bond acceptors (Lipinski definition) is 1. The Balaban J connectivity index is 2.02. The summed E-state index contributed by atoms with van der Waals surface area (Å²) in [5.41, 5.74) is 0.944. The average molecular weight is 185 g/mol. The van der Waals surface area contributed by atoms with Crippen LogP contribution < -0.4 is 0 Å². The minimum Gasteiger partial charge on any atom is -0.325 e. The second-order valence-corrected chi connectivity index (χ2v) is 4.44. The highest BCUT2D eigenvalue weighted by Crippen LogP contribution is 2.55. The minimum atomic E-state index is 0.154. The molecule has 0 aromatic rings. The van der Waals surface area contributed by atoms with Crippen LogP contribution in [0.25, 0.3) is 0 Å². The van der Waals surface area contributed by atoms with Gasteiger partial charge in [-0.05, 0) is 24.7 Å². The van der Waals surface area contributed by atoms with Gasteiger partial charge in [-0.3, -0.25) is 4.79 Å². The van der Waals surface area contributed by atoms with Gasteiger partial charge in [0, 0.05) is 11.6 Å². The Labute approximate surface area is 85.1 Å². The van der Waals surface area contributed by atoms with E-state index in [0.29, 0.717) is 17.8 Å². The van der Waals surface area contributed by atoms with Gasteiger partial charge in [0.15, 0.2) is 0 Å². The van der Waals surface area contributed by atoms with Gasteiger partial charge in [0.25, 0.3) is 0 Å². The Bertz CT molecular complexity index is 319. The van der Waals surface area contributed by atoms with Gasteiger partial charge in [-0.25, -0.2) is 0 Å². The summed E-state index contributed by atoms with van der Waals surface area (Å²) >= 11 is 0. The Kier molecular flexibility index (Phi) is 1.50. The Morgan fingerprint density at radius 3 is 2.64 bits per heavy atom. The van der Waals surface area contributed by atoms with Crippen molar-refractivity contribution in [3.05, 3.63) is 24.4 Å². The summed E-state index contributed by atoms with van der Waals surface area (Å²) in [6.07, 6.45) is 5.85. The van der Waals surface area contributed by atoms with E-state index in [-0.39, 0.29) is 18.3 Å². The van der Waals surface area contributed by atoms with Crippen molar-refractivity contribution in [1.29, 1.82) is 0 Å². The first-order valence-electron chi connectivity index (χ1n) is 5.12. The number of nitrogens with zero attached hydrogens (tertiary/aromatic N) is 1. The highest BCUT2D eigenvalue weighted by molar-refractivity contribution is 6.10. The smallest absolute Gasteiger partial charge is 0.230 e. The molecule has 3 heteroatoms. The van der Waals surface area contributed by atoms with Crippen LogP contribution >= 0.6 is 0 Å². The van der Waals surface area contributed by atoms with E-state index >= 15 is 0 Å². The molecule has 70 valence electrons. The van der Waals surface area contributed by atoms with Gasteiger partial charge >= 0.3 is 0 Å². The highest BCUT2D eigenvalue weighted by Gasteiger charge is 2.55. The number of carbonyl (C=O) groups is 1. The summed E-state index contributed by atoms with van der Waals surface area (Å²) in [6.45, 7) is 4.01. The number of hydrogen-bond donors (Lipinski definition) is 0. The van der Waals surface area contributed by atoms with E-state index in [4.69, 9.17) is 7.85 Å². The lowest BCUT2D eigenvalue weighted by Crippen LogP contribution is -2.29. The fraction of sp³-hybridized carbons (Fsp3) is 0.545.